The lowest BCUT2D eigenvalue weighted by Gasteiger charge is -2.40. The number of anilines is 1. The average Bonchev–Trinajstić information content (AvgIpc) is 3.23. The summed E-state index contributed by atoms with van der Waals surface area (Å²) in [6, 6.07) is -0.240. The van der Waals surface area contributed by atoms with Gasteiger partial charge in [-0.3, -0.25) is 0 Å². The topological polar surface area (TPSA) is 76.1 Å². The summed E-state index contributed by atoms with van der Waals surface area (Å²) in [6.45, 7) is 0.538. The molecule has 0 aromatic carbocycles. The van der Waals surface area contributed by atoms with Gasteiger partial charge in [0.25, 0.3) is 0 Å². The molecule has 2 aliphatic rings. The van der Waals surface area contributed by atoms with Crippen LogP contribution >= 0.6 is 0 Å². The Balaban J connectivity index is 1.48. The SMILES string of the molecule is COC1(CNC(=O)Nc2cnc(C3CC3)nc2)CCC1. The normalized spacial score (nSPS) is 20.1. The highest BCUT2D eigenvalue weighted by Crippen LogP contribution is 2.37. The number of carbonyl (C=O) groups is 1. The lowest BCUT2D eigenvalue weighted by molar-refractivity contribution is -0.0671. The molecule has 1 heterocycles. The summed E-state index contributed by atoms with van der Waals surface area (Å²) in [6.07, 6.45) is 8.84. The van der Waals surface area contributed by atoms with Crippen LogP contribution in [0.5, 0.6) is 0 Å². The van der Waals surface area contributed by atoms with Gasteiger partial charge in [0.15, 0.2) is 0 Å². The molecule has 108 valence electrons. The van der Waals surface area contributed by atoms with Gasteiger partial charge in [-0.1, -0.05) is 0 Å². The summed E-state index contributed by atoms with van der Waals surface area (Å²) in [5.41, 5.74) is 0.455. The molecule has 6 nitrogen and oxygen atoms in total. The van der Waals surface area contributed by atoms with Crippen LogP contribution in [0.4, 0.5) is 10.5 Å². The molecule has 2 aliphatic carbocycles. The van der Waals surface area contributed by atoms with E-state index in [1.54, 1.807) is 19.5 Å². The van der Waals surface area contributed by atoms with Crippen LogP contribution in [-0.4, -0.2) is 35.3 Å². The molecular weight excluding hydrogens is 256 g/mol. The molecule has 2 N–H and O–H groups in total. The number of nitrogens with one attached hydrogen (secondary N) is 2. The molecule has 3 rings (SSSR count). The molecule has 0 spiro atoms. The zero-order valence-electron chi connectivity index (χ0n) is 11.7. The molecular formula is C14H20N4O2. The van der Waals surface area contributed by atoms with Gasteiger partial charge in [-0.25, -0.2) is 14.8 Å². The standard InChI is InChI=1S/C14H20N4O2/c1-20-14(5-2-6-14)9-17-13(19)18-11-7-15-12(16-8-11)10-3-4-10/h7-8,10H,2-6,9H2,1H3,(H2,17,18,19). The van der Waals surface area contributed by atoms with Crippen LogP contribution in [0.15, 0.2) is 12.4 Å². The van der Waals surface area contributed by atoms with Gasteiger partial charge < -0.3 is 15.4 Å². The van der Waals surface area contributed by atoms with E-state index < -0.39 is 0 Å². The zero-order chi connectivity index (χ0) is 14.0. The Labute approximate surface area is 118 Å². The second-order valence-corrected chi connectivity index (χ2v) is 5.65. The summed E-state index contributed by atoms with van der Waals surface area (Å²) in [5, 5.41) is 5.59. The van der Waals surface area contributed by atoms with Gasteiger partial charge >= 0.3 is 6.03 Å². The van der Waals surface area contributed by atoms with Crippen molar-refractivity contribution in [2.75, 3.05) is 19.0 Å². The summed E-state index contributed by atoms with van der Waals surface area (Å²) < 4.78 is 5.46. The number of methoxy groups -OCH3 is 1. The first-order chi connectivity index (χ1) is 9.71. The minimum Gasteiger partial charge on any atom is -0.376 e. The van der Waals surface area contributed by atoms with Crippen LogP contribution in [0.1, 0.15) is 43.8 Å². The van der Waals surface area contributed by atoms with Crippen LogP contribution < -0.4 is 10.6 Å². The van der Waals surface area contributed by atoms with E-state index in [2.05, 4.69) is 20.6 Å². The minimum atomic E-state index is -0.240. The van der Waals surface area contributed by atoms with Crippen LogP contribution in [0.3, 0.4) is 0 Å². The van der Waals surface area contributed by atoms with Gasteiger partial charge in [0, 0.05) is 19.6 Å². The van der Waals surface area contributed by atoms with Crippen molar-refractivity contribution in [3.05, 3.63) is 18.2 Å². The summed E-state index contributed by atoms with van der Waals surface area (Å²) >= 11 is 0. The van der Waals surface area contributed by atoms with Gasteiger partial charge in [-0.05, 0) is 32.1 Å². The third-order valence-electron chi connectivity index (χ3n) is 4.14. The number of nitrogens with zero attached hydrogens (tertiary/aromatic N) is 2. The molecule has 0 atom stereocenters. The number of aromatic nitrogens is 2. The van der Waals surface area contributed by atoms with E-state index >= 15 is 0 Å². The maximum absolute atomic E-state index is 11.8. The molecule has 20 heavy (non-hydrogen) atoms. The molecule has 0 aliphatic heterocycles. The van der Waals surface area contributed by atoms with Crippen molar-refractivity contribution in [2.45, 2.75) is 43.6 Å². The largest absolute Gasteiger partial charge is 0.376 e. The molecule has 1 aromatic rings. The van der Waals surface area contributed by atoms with E-state index in [9.17, 15) is 4.79 Å². The first kappa shape index (κ1) is 13.3. The average molecular weight is 276 g/mol. The number of hydrogen-bond donors (Lipinski definition) is 2. The van der Waals surface area contributed by atoms with Gasteiger partial charge in [-0.2, -0.15) is 0 Å². The fourth-order valence-corrected chi connectivity index (χ4v) is 2.40. The van der Waals surface area contributed by atoms with Crippen molar-refractivity contribution in [1.29, 1.82) is 0 Å². The summed E-state index contributed by atoms with van der Waals surface area (Å²) in [5.74, 6) is 1.40. The van der Waals surface area contributed by atoms with Gasteiger partial charge in [0.1, 0.15) is 5.82 Å². The van der Waals surface area contributed by atoms with E-state index in [1.807, 2.05) is 0 Å². The second kappa shape index (κ2) is 5.36. The fraction of sp³-hybridized carbons (Fsp3) is 0.643. The van der Waals surface area contributed by atoms with Crippen molar-refractivity contribution in [3.8, 4) is 0 Å². The van der Waals surface area contributed by atoms with Crippen molar-refractivity contribution in [2.24, 2.45) is 0 Å². The zero-order valence-corrected chi connectivity index (χ0v) is 11.7. The van der Waals surface area contributed by atoms with Crippen LogP contribution in [-0.2, 0) is 4.74 Å². The molecule has 0 bridgehead atoms. The third kappa shape index (κ3) is 2.90. The molecule has 2 amide bonds. The van der Waals surface area contributed by atoms with Gasteiger partial charge in [-0.15, -0.1) is 0 Å². The highest BCUT2D eigenvalue weighted by atomic mass is 16.5. The van der Waals surface area contributed by atoms with Crippen LogP contribution in [0, 0.1) is 0 Å². The van der Waals surface area contributed by atoms with Crippen LogP contribution in [0.2, 0.25) is 0 Å². The highest BCUT2D eigenvalue weighted by Gasteiger charge is 2.37. The molecule has 6 heteroatoms. The fourth-order valence-electron chi connectivity index (χ4n) is 2.40. The van der Waals surface area contributed by atoms with E-state index in [-0.39, 0.29) is 11.6 Å². The summed E-state index contributed by atoms with van der Waals surface area (Å²) in [7, 11) is 1.70. The smallest absolute Gasteiger partial charge is 0.319 e. The molecule has 2 fully saturated rings. The summed E-state index contributed by atoms with van der Waals surface area (Å²) in [4.78, 5) is 20.3. The van der Waals surface area contributed by atoms with Gasteiger partial charge in [0.05, 0.1) is 23.7 Å². The maximum atomic E-state index is 11.8. The number of ether oxygens (including phenoxy) is 1. The third-order valence-corrected chi connectivity index (χ3v) is 4.14. The molecule has 0 saturated heterocycles. The van der Waals surface area contributed by atoms with Crippen molar-refractivity contribution >= 4 is 11.7 Å². The maximum Gasteiger partial charge on any atom is 0.319 e. The van der Waals surface area contributed by atoms with Crippen molar-refractivity contribution in [1.82, 2.24) is 15.3 Å². The van der Waals surface area contributed by atoms with Crippen LogP contribution in [0.25, 0.3) is 0 Å². The van der Waals surface area contributed by atoms with E-state index in [4.69, 9.17) is 4.74 Å². The lowest BCUT2D eigenvalue weighted by Crippen LogP contribution is -2.50. The minimum absolute atomic E-state index is 0.163. The Morgan fingerprint density at radius 2 is 2.10 bits per heavy atom. The predicted molar refractivity (Wildman–Crippen MR) is 74.6 cm³/mol. The van der Waals surface area contributed by atoms with Crippen molar-refractivity contribution < 1.29 is 9.53 Å². The second-order valence-electron chi connectivity index (χ2n) is 5.65. The monoisotopic (exact) mass is 276 g/mol. The van der Waals surface area contributed by atoms with E-state index in [1.165, 1.54) is 12.8 Å². The number of amides is 2. The predicted octanol–water partition coefficient (Wildman–Crippen LogP) is 2.04. The number of rotatable bonds is 5. The van der Waals surface area contributed by atoms with E-state index in [0.29, 0.717) is 18.2 Å². The van der Waals surface area contributed by atoms with Crippen molar-refractivity contribution in [3.63, 3.8) is 0 Å². The first-order valence-corrected chi connectivity index (χ1v) is 7.13. The highest BCUT2D eigenvalue weighted by molar-refractivity contribution is 5.88. The Hall–Kier alpha value is -1.69. The Morgan fingerprint density at radius 1 is 1.40 bits per heavy atom. The Morgan fingerprint density at radius 3 is 2.60 bits per heavy atom. The molecule has 0 unspecified atom stereocenters. The molecule has 1 aromatic heterocycles. The molecule has 2 saturated carbocycles. The quantitative estimate of drug-likeness (QED) is 0.863. The Bertz CT molecular complexity index is 475. The number of hydrogen-bond acceptors (Lipinski definition) is 4. The molecule has 0 radical (unpaired) electrons. The number of urea groups is 1. The Kier molecular flexibility index (Phi) is 3.56. The first-order valence-electron chi connectivity index (χ1n) is 7.13. The lowest BCUT2D eigenvalue weighted by atomic mass is 9.80. The van der Waals surface area contributed by atoms with E-state index in [0.717, 1.165) is 25.1 Å². The number of carbonyl (C=O) groups excluding carboxylic acids is 1. The van der Waals surface area contributed by atoms with Gasteiger partial charge in [0.2, 0.25) is 0 Å².